The number of cyclic esters (lactones) is 1. The molecule has 0 aromatic rings. The Bertz CT molecular complexity index is 249. The normalized spacial score (nSPS) is 16.7. The molecule has 0 spiro atoms. The van der Waals surface area contributed by atoms with E-state index in [1.807, 2.05) is 0 Å². The highest BCUT2D eigenvalue weighted by atomic mass is 16.5. The minimum atomic E-state index is -1.12. The molecule has 0 saturated heterocycles. The van der Waals surface area contributed by atoms with Gasteiger partial charge in [-0.05, 0) is 12.2 Å². The number of ether oxygens (including phenoxy) is 1. The predicted molar refractivity (Wildman–Crippen MR) is 35.8 cm³/mol. The van der Waals surface area contributed by atoms with Crippen molar-refractivity contribution < 1.29 is 19.4 Å². The van der Waals surface area contributed by atoms with Crippen LogP contribution < -0.4 is 0 Å². The molecule has 0 unspecified atom stereocenters. The van der Waals surface area contributed by atoms with Gasteiger partial charge in [-0.2, -0.15) is 0 Å². The van der Waals surface area contributed by atoms with E-state index < -0.39 is 11.9 Å². The summed E-state index contributed by atoms with van der Waals surface area (Å²) in [6.45, 7) is 0.131. The fourth-order valence-electron chi connectivity index (χ4n) is 0.655. The van der Waals surface area contributed by atoms with E-state index >= 15 is 0 Å². The van der Waals surface area contributed by atoms with Gasteiger partial charge in [-0.15, -0.1) is 0 Å². The van der Waals surface area contributed by atoms with Crippen LogP contribution in [0, 0.1) is 0 Å². The molecule has 1 N–H and O–H groups in total. The van der Waals surface area contributed by atoms with Crippen LogP contribution in [0.4, 0.5) is 0 Å². The molecule has 1 heterocycles. The number of esters is 1. The van der Waals surface area contributed by atoms with Crippen LogP contribution in [0.15, 0.2) is 23.8 Å². The van der Waals surface area contributed by atoms with E-state index in [1.165, 1.54) is 12.2 Å². The lowest BCUT2D eigenvalue weighted by Gasteiger charge is -1.91. The third-order valence-electron chi connectivity index (χ3n) is 1.14. The number of rotatable bonds is 1. The number of hydrogen-bond acceptors (Lipinski definition) is 3. The number of hydrogen-bond donors (Lipinski definition) is 1. The maximum atomic E-state index is 10.6. The average molecular weight is 154 g/mol. The Morgan fingerprint density at radius 1 is 1.64 bits per heavy atom. The highest BCUT2D eigenvalue weighted by Gasteiger charge is 2.09. The van der Waals surface area contributed by atoms with Crippen LogP contribution in [-0.2, 0) is 14.3 Å². The maximum Gasteiger partial charge on any atom is 0.335 e. The van der Waals surface area contributed by atoms with Crippen molar-refractivity contribution >= 4 is 11.9 Å². The Labute approximate surface area is 62.8 Å². The van der Waals surface area contributed by atoms with Crippen LogP contribution in [0.2, 0.25) is 0 Å². The van der Waals surface area contributed by atoms with Gasteiger partial charge in [0.2, 0.25) is 0 Å². The van der Waals surface area contributed by atoms with Crippen molar-refractivity contribution in [2.24, 2.45) is 0 Å². The molecule has 0 radical (unpaired) electrons. The van der Waals surface area contributed by atoms with Crippen LogP contribution >= 0.6 is 0 Å². The minimum Gasteiger partial charge on any atom is -0.478 e. The third-order valence-corrected chi connectivity index (χ3v) is 1.14. The van der Waals surface area contributed by atoms with Crippen LogP contribution in [-0.4, -0.2) is 23.7 Å². The van der Waals surface area contributed by atoms with Crippen molar-refractivity contribution in [2.75, 3.05) is 6.61 Å². The summed E-state index contributed by atoms with van der Waals surface area (Å²) in [5.41, 5.74) is -0.0486. The molecule has 1 aliphatic heterocycles. The summed E-state index contributed by atoms with van der Waals surface area (Å²) in [6.07, 6.45) is 3.77. The molecule has 0 aromatic carbocycles. The molecule has 0 aliphatic carbocycles. The molecule has 0 fully saturated rings. The second-order valence-electron chi connectivity index (χ2n) is 1.94. The Balaban J connectivity index is 2.88. The van der Waals surface area contributed by atoms with Crippen molar-refractivity contribution in [1.82, 2.24) is 0 Å². The monoisotopic (exact) mass is 154 g/mol. The summed E-state index contributed by atoms with van der Waals surface area (Å²) in [6, 6.07) is 0. The van der Waals surface area contributed by atoms with Gasteiger partial charge in [0.15, 0.2) is 0 Å². The van der Waals surface area contributed by atoms with Crippen molar-refractivity contribution in [2.45, 2.75) is 0 Å². The van der Waals surface area contributed by atoms with Gasteiger partial charge < -0.3 is 9.84 Å². The molecule has 0 saturated carbocycles. The van der Waals surface area contributed by atoms with Crippen LogP contribution in [0.5, 0.6) is 0 Å². The van der Waals surface area contributed by atoms with Crippen molar-refractivity contribution in [3.63, 3.8) is 0 Å². The fraction of sp³-hybridized carbons (Fsp3) is 0.143. The van der Waals surface area contributed by atoms with E-state index in [-0.39, 0.29) is 12.2 Å². The van der Waals surface area contributed by atoms with E-state index in [0.717, 1.165) is 6.08 Å². The Morgan fingerprint density at radius 3 is 3.00 bits per heavy atom. The Hall–Kier alpha value is -1.58. The molecule has 4 nitrogen and oxygen atoms in total. The molecular formula is C7H6O4. The van der Waals surface area contributed by atoms with E-state index in [1.54, 1.807) is 0 Å². The maximum absolute atomic E-state index is 10.6. The van der Waals surface area contributed by atoms with E-state index in [9.17, 15) is 9.59 Å². The van der Waals surface area contributed by atoms with Gasteiger partial charge >= 0.3 is 11.9 Å². The topological polar surface area (TPSA) is 63.6 Å². The molecule has 0 aromatic heterocycles. The largest absolute Gasteiger partial charge is 0.478 e. The smallest absolute Gasteiger partial charge is 0.335 e. The van der Waals surface area contributed by atoms with Crippen molar-refractivity contribution in [1.29, 1.82) is 0 Å². The van der Waals surface area contributed by atoms with Gasteiger partial charge in [-0.25, -0.2) is 9.59 Å². The lowest BCUT2D eigenvalue weighted by Crippen LogP contribution is -2.02. The molecule has 1 rings (SSSR count). The first-order valence-corrected chi connectivity index (χ1v) is 2.98. The van der Waals surface area contributed by atoms with Gasteiger partial charge in [0.05, 0.1) is 5.57 Å². The average Bonchev–Trinajstić information content (AvgIpc) is 2.13. The molecule has 0 atom stereocenters. The lowest BCUT2D eigenvalue weighted by atomic mass is 10.2. The van der Waals surface area contributed by atoms with E-state index in [2.05, 4.69) is 4.74 Å². The third kappa shape index (κ3) is 1.93. The van der Waals surface area contributed by atoms with E-state index in [0.29, 0.717) is 0 Å². The Kier molecular flexibility index (Phi) is 2.06. The van der Waals surface area contributed by atoms with Crippen LogP contribution in [0.3, 0.4) is 0 Å². The molecule has 58 valence electrons. The van der Waals surface area contributed by atoms with E-state index in [4.69, 9.17) is 5.11 Å². The predicted octanol–water partition coefficient (Wildman–Crippen LogP) is 0.110. The van der Waals surface area contributed by atoms with Gasteiger partial charge in [0.1, 0.15) is 6.61 Å². The summed E-state index contributed by atoms with van der Waals surface area (Å²) in [5, 5.41) is 8.45. The second-order valence-corrected chi connectivity index (χ2v) is 1.94. The first kappa shape index (κ1) is 7.53. The number of carbonyl (C=O) groups is 2. The first-order valence-electron chi connectivity index (χ1n) is 2.98. The standard InChI is InChI=1S/C7H6O4/c8-6-4-5(7(9)10)2-1-3-11-6/h1-2,4H,3H2,(H,9,10). The zero-order valence-electron chi connectivity index (χ0n) is 5.61. The summed E-state index contributed by atoms with van der Waals surface area (Å²) in [4.78, 5) is 20.9. The van der Waals surface area contributed by atoms with Gasteiger partial charge in [-0.3, -0.25) is 0 Å². The second kappa shape index (κ2) is 3.01. The lowest BCUT2D eigenvalue weighted by molar-refractivity contribution is -0.137. The molecule has 0 amide bonds. The molecule has 1 aliphatic rings. The quantitative estimate of drug-likeness (QED) is 0.544. The van der Waals surface area contributed by atoms with Crippen LogP contribution in [0.1, 0.15) is 0 Å². The fourth-order valence-corrected chi connectivity index (χ4v) is 0.655. The SMILES string of the molecule is O=C1C=C(C(=O)O)C=CCO1. The summed E-state index contributed by atoms with van der Waals surface area (Å²) >= 11 is 0. The summed E-state index contributed by atoms with van der Waals surface area (Å²) in [7, 11) is 0. The van der Waals surface area contributed by atoms with Crippen LogP contribution in [0.25, 0.3) is 0 Å². The number of carboxylic acid groups (broad SMARTS) is 1. The highest BCUT2D eigenvalue weighted by molar-refractivity contribution is 5.98. The Morgan fingerprint density at radius 2 is 2.36 bits per heavy atom. The number of carboxylic acids is 1. The molecule has 4 heteroatoms. The summed E-state index contributed by atoms with van der Waals surface area (Å²) < 4.78 is 4.52. The van der Waals surface area contributed by atoms with Gasteiger partial charge in [-0.1, -0.05) is 0 Å². The number of aliphatic carboxylic acids is 1. The van der Waals surface area contributed by atoms with Crippen molar-refractivity contribution in [3.8, 4) is 0 Å². The van der Waals surface area contributed by atoms with Gasteiger partial charge in [0.25, 0.3) is 0 Å². The molecule has 11 heavy (non-hydrogen) atoms. The first-order chi connectivity index (χ1) is 5.20. The van der Waals surface area contributed by atoms with Crippen molar-refractivity contribution in [3.05, 3.63) is 23.8 Å². The molecule has 0 bridgehead atoms. The number of carbonyl (C=O) groups excluding carboxylic acids is 1. The minimum absolute atomic E-state index is 0.0486. The summed E-state index contributed by atoms with van der Waals surface area (Å²) in [5.74, 6) is -1.74. The zero-order chi connectivity index (χ0) is 8.27. The van der Waals surface area contributed by atoms with Gasteiger partial charge in [0, 0.05) is 6.08 Å². The highest BCUT2D eigenvalue weighted by Crippen LogP contribution is 2.02. The molecular weight excluding hydrogens is 148 g/mol. The zero-order valence-corrected chi connectivity index (χ0v) is 5.61.